The average molecular weight is 223 g/mol. The molecule has 1 amide bonds. The van der Waals surface area contributed by atoms with Gasteiger partial charge in [-0.3, -0.25) is 4.79 Å². The van der Waals surface area contributed by atoms with Crippen LogP contribution in [0.3, 0.4) is 0 Å². The third kappa shape index (κ3) is 4.27. The van der Waals surface area contributed by atoms with Crippen molar-refractivity contribution in [3.8, 4) is 0 Å². The molecule has 3 N–H and O–H groups in total. The standard InChI is InChI=1S/C11H17N3O2/c1-8(2)16-6-5-13-11(15)9-3-4-10(12)14-7-9/h3-4,7-8H,5-6H2,1-2H3,(H2,12,14)(H,13,15). The molecule has 0 bridgehead atoms. The van der Waals surface area contributed by atoms with Gasteiger partial charge in [0.2, 0.25) is 0 Å². The topological polar surface area (TPSA) is 77.2 Å². The van der Waals surface area contributed by atoms with E-state index < -0.39 is 0 Å². The van der Waals surface area contributed by atoms with E-state index in [2.05, 4.69) is 10.3 Å². The summed E-state index contributed by atoms with van der Waals surface area (Å²) in [6.45, 7) is 4.89. The normalized spacial score (nSPS) is 10.4. The number of carbonyl (C=O) groups excluding carboxylic acids is 1. The third-order valence-electron chi connectivity index (χ3n) is 1.89. The molecule has 1 aromatic heterocycles. The molecule has 0 aromatic carbocycles. The van der Waals surface area contributed by atoms with Crippen molar-refractivity contribution in [3.05, 3.63) is 23.9 Å². The molecule has 1 aromatic rings. The molecule has 0 aliphatic heterocycles. The highest BCUT2D eigenvalue weighted by atomic mass is 16.5. The molecule has 16 heavy (non-hydrogen) atoms. The Morgan fingerprint density at radius 3 is 2.88 bits per heavy atom. The van der Waals surface area contributed by atoms with Crippen molar-refractivity contribution < 1.29 is 9.53 Å². The van der Waals surface area contributed by atoms with Gasteiger partial charge >= 0.3 is 0 Å². The number of amides is 1. The lowest BCUT2D eigenvalue weighted by molar-refractivity contribution is 0.0746. The summed E-state index contributed by atoms with van der Waals surface area (Å²) >= 11 is 0. The maximum absolute atomic E-state index is 11.6. The Bertz CT molecular complexity index is 336. The minimum absolute atomic E-state index is 0.167. The van der Waals surface area contributed by atoms with E-state index in [0.717, 1.165) is 0 Å². The number of anilines is 1. The Morgan fingerprint density at radius 1 is 1.56 bits per heavy atom. The number of ether oxygens (including phenoxy) is 1. The van der Waals surface area contributed by atoms with Crippen LogP contribution >= 0.6 is 0 Å². The van der Waals surface area contributed by atoms with Gasteiger partial charge in [-0.05, 0) is 26.0 Å². The first-order valence-electron chi connectivity index (χ1n) is 5.21. The van der Waals surface area contributed by atoms with Gasteiger partial charge in [0.25, 0.3) is 5.91 Å². The van der Waals surface area contributed by atoms with Gasteiger partial charge in [-0.1, -0.05) is 0 Å². The van der Waals surface area contributed by atoms with Crippen LogP contribution in [0.4, 0.5) is 5.82 Å². The maximum atomic E-state index is 11.6. The second-order valence-corrected chi connectivity index (χ2v) is 3.65. The highest BCUT2D eigenvalue weighted by molar-refractivity contribution is 5.93. The first-order chi connectivity index (χ1) is 7.59. The number of carbonyl (C=O) groups is 1. The predicted octanol–water partition coefficient (Wildman–Crippen LogP) is 0.819. The Hall–Kier alpha value is -1.62. The van der Waals surface area contributed by atoms with E-state index in [0.29, 0.717) is 24.5 Å². The number of nitrogens with two attached hydrogens (primary N) is 1. The van der Waals surface area contributed by atoms with Crippen LogP contribution in [0, 0.1) is 0 Å². The average Bonchev–Trinajstić information content (AvgIpc) is 2.25. The zero-order chi connectivity index (χ0) is 12.0. The van der Waals surface area contributed by atoms with E-state index in [-0.39, 0.29) is 12.0 Å². The molecular formula is C11H17N3O2. The molecule has 5 nitrogen and oxygen atoms in total. The summed E-state index contributed by atoms with van der Waals surface area (Å²) in [5.41, 5.74) is 5.92. The van der Waals surface area contributed by atoms with Gasteiger partial charge in [0.15, 0.2) is 0 Å². The van der Waals surface area contributed by atoms with Crippen LogP contribution in [-0.2, 0) is 4.74 Å². The van der Waals surface area contributed by atoms with E-state index in [4.69, 9.17) is 10.5 Å². The Labute approximate surface area is 95.0 Å². The molecular weight excluding hydrogens is 206 g/mol. The van der Waals surface area contributed by atoms with Gasteiger partial charge in [0.1, 0.15) is 5.82 Å². The van der Waals surface area contributed by atoms with Crippen LogP contribution in [-0.4, -0.2) is 30.1 Å². The van der Waals surface area contributed by atoms with Gasteiger partial charge in [-0.25, -0.2) is 4.98 Å². The van der Waals surface area contributed by atoms with Crippen LogP contribution in [0.15, 0.2) is 18.3 Å². The van der Waals surface area contributed by atoms with E-state index in [9.17, 15) is 4.79 Å². The lowest BCUT2D eigenvalue weighted by Crippen LogP contribution is -2.28. The van der Waals surface area contributed by atoms with Gasteiger partial charge in [-0.2, -0.15) is 0 Å². The molecule has 1 rings (SSSR count). The smallest absolute Gasteiger partial charge is 0.252 e. The van der Waals surface area contributed by atoms with E-state index >= 15 is 0 Å². The minimum Gasteiger partial charge on any atom is -0.384 e. The first-order valence-corrected chi connectivity index (χ1v) is 5.21. The fourth-order valence-electron chi connectivity index (χ4n) is 1.10. The molecule has 1 heterocycles. The second kappa shape index (κ2) is 6.07. The van der Waals surface area contributed by atoms with Crippen LogP contribution in [0.1, 0.15) is 24.2 Å². The summed E-state index contributed by atoms with van der Waals surface area (Å²) < 4.78 is 5.30. The number of rotatable bonds is 5. The lowest BCUT2D eigenvalue weighted by Gasteiger charge is -2.08. The molecule has 0 fully saturated rings. The molecule has 0 aliphatic carbocycles. The van der Waals surface area contributed by atoms with E-state index in [1.165, 1.54) is 6.20 Å². The summed E-state index contributed by atoms with van der Waals surface area (Å²) in [7, 11) is 0. The van der Waals surface area contributed by atoms with Crippen LogP contribution < -0.4 is 11.1 Å². The Balaban J connectivity index is 2.32. The SMILES string of the molecule is CC(C)OCCNC(=O)c1ccc(N)nc1. The molecule has 0 aliphatic rings. The number of nitrogens with one attached hydrogen (secondary N) is 1. The first kappa shape index (κ1) is 12.4. The van der Waals surface area contributed by atoms with E-state index in [1.807, 2.05) is 13.8 Å². The Kier molecular flexibility index (Phi) is 4.72. The quantitative estimate of drug-likeness (QED) is 0.724. The van der Waals surface area contributed by atoms with Crippen molar-refractivity contribution >= 4 is 11.7 Å². The van der Waals surface area contributed by atoms with Crippen LogP contribution in [0.25, 0.3) is 0 Å². The molecule has 0 atom stereocenters. The van der Waals surface area contributed by atoms with Crippen molar-refractivity contribution in [2.75, 3.05) is 18.9 Å². The zero-order valence-electron chi connectivity index (χ0n) is 9.56. The largest absolute Gasteiger partial charge is 0.384 e. The molecule has 0 saturated carbocycles. The number of nitrogens with zero attached hydrogens (tertiary/aromatic N) is 1. The van der Waals surface area contributed by atoms with Crippen LogP contribution in [0.2, 0.25) is 0 Å². The molecule has 5 heteroatoms. The van der Waals surface area contributed by atoms with Crippen LogP contribution in [0.5, 0.6) is 0 Å². The third-order valence-corrected chi connectivity index (χ3v) is 1.89. The molecule has 0 unspecified atom stereocenters. The molecule has 0 radical (unpaired) electrons. The fraction of sp³-hybridized carbons (Fsp3) is 0.455. The number of aromatic nitrogens is 1. The number of hydrogen-bond donors (Lipinski definition) is 2. The van der Waals surface area contributed by atoms with Crippen molar-refractivity contribution in [2.45, 2.75) is 20.0 Å². The number of hydrogen-bond acceptors (Lipinski definition) is 4. The van der Waals surface area contributed by atoms with Gasteiger partial charge in [0, 0.05) is 12.7 Å². The summed E-state index contributed by atoms with van der Waals surface area (Å²) in [5.74, 6) is 0.236. The predicted molar refractivity (Wildman–Crippen MR) is 62.1 cm³/mol. The molecule has 88 valence electrons. The van der Waals surface area contributed by atoms with Crippen molar-refractivity contribution in [3.63, 3.8) is 0 Å². The lowest BCUT2D eigenvalue weighted by atomic mass is 10.2. The second-order valence-electron chi connectivity index (χ2n) is 3.65. The number of pyridine rings is 1. The minimum atomic E-state index is -0.167. The molecule has 0 saturated heterocycles. The fourth-order valence-corrected chi connectivity index (χ4v) is 1.10. The Morgan fingerprint density at radius 2 is 2.31 bits per heavy atom. The zero-order valence-corrected chi connectivity index (χ0v) is 9.56. The van der Waals surface area contributed by atoms with Gasteiger partial charge in [0.05, 0.1) is 18.3 Å². The number of nitrogen functional groups attached to an aromatic ring is 1. The highest BCUT2D eigenvalue weighted by Crippen LogP contribution is 2.00. The maximum Gasteiger partial charge on any atom is 0.252 e. The highest BCUT2D eigenvalue weighted by Gasteiger charge is 2.04. The summed E-state index contributed by atoms with van der Waals surface area (Å²) in [6, 6.07) is 3.24. The van der Waals surface area contributed by atoms with Gasteiger partial charge in [-0.15, -0.1) is 0 Å². The molecule has 0 spiro atoms. The monoisotopic (exact) mass is 223 g/mol. The van der Waals surface area contributed by atoms with Crippen molar-refractivity contribution in [1.29, 1.82) is 0 Å². The van der Waals surface area contributed by atoms with Crippen molar-refractivity contribution in [1.82, 2.24) is 10.3 Å². The summed E-state index contributed by atoms with van der Waals surface area (Å²) in [4.78, 5) is 15.4. The van der Waals surface area contributed by atoms with E-state index in [1.54, 1.807) is 12.1 Å². The summed E-state index contributed by atoms with van der Waals surface area (Å²) in [5, 5.41) is 2.73. The van der Waals surface area contributed by atoms with Gasteiger partial charge < -0.3 is 15.8 Å². The van der Waals surface area contributed by atoms with Crippen molar-refractivity contribution in [2.24, 2.45) is 0 Å². The summed E-state index contributed by atoms with van der Waals surface area (Å²) in [6.07, 6.45) is 1.63.